The Balaban J connectivity index is 2.59. The van der Waals surface area contributed by atoms with E-state index in [1.807, 2.05) is 50.9 Å². The van der Waals surface area contributed by atoms with Gasteiger partial charge in [0.1, 0.15) is 0 Å². The van der Waals surface area contributed by atoms with E-state index in [4.69, 9.17) is 5.11 Å². The molecule has 1 unspecified atom stereocenters. The molecule has 1 amide bonds. The summed E-state index contributed by atoms with van der Waals surface area (Å²) in [5.74, 6) is -0.0650. The first-order valence-electron chi connectivity index (χ1n) is 6.12. The molecule has 0 fully saturated rings. The summed E-state index contributed by atoms with van der Waals surface area (Å²) in [5.41, 5.74) is 3.08. The molecule has 100 valence electrons. The van der Waals surface area contributed by atoms with Crippen molar-refractivity contribution < 1.29 is 9.90 Å². The molecular weight excluding hydrogens is 228 g/mol. The lowest BCUT2D eigenvalue weighted by Crippen LogP contribution is -2.38. The number of carbonyl (C=O) groups excluding carboxylic acids is 1. The fraction of sp³-hybridized carbons (Fsp3) is 0.500. The predicted molar refractivity (Wildman–Crippen MR) is 73.7 cm³/mol. The molecule has 2 N–H and O–H groups in total. The molecule has 4 nitrogen and oxygen atoms in total. The molecule has 1 aromatic carbocycles. The van der Waals surface area contributed by atoms with E-state index in [1.54, 1.807) is 0 Å². The van der Waals surface area contributed by atoms with Gasteiger partial charge in [0.05, 0.1) is 13.2 Å². The Labute approximate surface area is 109 Å². The molecule has 0 radical (unpaired) electrons. The zero-order valence-electron chi connectivity index (χ0n) is 11.5. The number of likely N-dealkylation sites (N-methyl/N-ethyl adjacent to an activating group) is 1. The Morgan fingerprint density at radius 2 is 2.11 bits per heavy atom. The maximum Gasteiger partial charge on any atom is 0.238 e. The molecular formula is C14H22N2O2. The van der Waals surface area contributed by atoms with Crippen LogP contribution in [0.5, 0.6) is 0 Å². The summed E-state index contributed by atoms with van der Waals surface area (Å²) < 4.78 is 0. The lowest BCUT2D eigenvalue weighted by Gasteiger charge is -2.22. The van der Waals surface area contributed by atoms with Crippen LogP contribution >= 0.6 is 0 Å². The highest BCUT2D eigenvalue weighted by Gasteiger charge is 2.12. The second-order valence-corrected chi connectivity index (χ2v) is 4.81. The smallest absolute Gasteiger partial charge is 0.238 e. The SMILES string of the molecule is Cc1ccc(NC(=O)CN(C)C(C)CO)c(C)c1. The van der Waals surface area contributed by atoms with Crippen molar-refractivity contribution in [2.75, 3.05) is 25.5 Å². The zero-order chi connectivity index (χ0) is 13.7. The highest BCUT2D eigenvalue weighted by Crippen LogP contribution is 2.15. The summed E-state index contributed by atoms with van der Waals surface area (Å²) in [6.07, 6.45) is 0. The van der Waals surface area contributed by atoms with Gasteiger partial charge in [-0.2, -0.15) is 0 Å². The largest absolute Gasteiger partial charge is 0.395 e. The van der Waals surface area contributed by atoms with Crippen LogP contribution in [0.2, 0.25) is 0 Å². The maximum atomic E-state index is 11.8. The molecule has 0 aromatic heterocycles. The Kier molecular flexibility index (Phi) is 5.31. The van der Waals surface area contributed by atoms with E-state index in [-0.39, 0.29) is 25.1 Å². The van der Waals surface area contributed by atoms with Gasteiger partial charge in [0, 0.05) is 11.7 Å². The minimum atomic E-state index is -0.0650. The number of hydrogen-bond donors (Lipinski definition) is 2. The van der Waals surface area contributed by atoms with Crippen molar-refractivity contribution >= 4 is 11.6 Å². The van der Waals surface area contributed by atoms with E-state index in [9.17, 15) is 4.79 Å². The van der Waals surface area contributed by atoms with Crippen LogP contribution in [0.15, 0.2) is 18.2 Å². The number of aliphatic hydroxyl groups is 1. The molecule has 1 rings (SSSR count). The zero-order valence-corrected chi connectivity index (χ0v) is 11.5. The predicted octanol–water partition coefficient (Wildman–Crippen LogP) is 1.55. The van der Waals surface area contributed by atoms with Crippen LogP contribution in [0.1, 0.15) is 18.1 Å². The number of amides is 1. The lowest BCUT2D eigenvalue weighted by molar-refractivity contribution is -0.117. The minimum Gasteiger partial charge on any atom is -0.395 e. The Morgan fingerprint density at radius 1 is 1.44 bits per heavy atom. The standard InChI is InChI=1S/C14H22N2O2/c1-10-5-6-13(11(2)7-10)15-14(18)8-16(4)12(3)9-17/h5-7,12,17H,8-9H2,1-4H3,(H,15,18). The minimum absolute atomic E-state index is 0.0186. The van der Waals surface area contributed by atoms with Crippen LogP contribution in [0.25, 0.3) is 0 Å². The summed E-state index contributed by atoms with van der Waals surface area (Å²) in [5, 5.41) is 11.9. The van der Waals surface area contributed by atoms with Crippen LogP contribution in [-0.4, -0.2) is 42.2 Å². The van der Waals surface area contributed by atoms with Crippen molar-refractivity contribution in [2.45, 2.75) is 26.8 Å². The summed E-state index contributed by atoms with van der Waals surface area (Å²) in [7, 11) is 1.82. The number of nitrogens with one attached hydrogen (secondary N) is 1. The first kappa shape index (κ1) is 14.7. The van der Waals surface area contributed by atoms with Crippen molar-refractivity contribution in [1.29, 1.82) is 0 Å². The van der Waals surface area contributed by atoms with Crippen molar-refractivity contribution in [3.05, 3.63) is 29.3 Å². The molecule has 0 saturated heterocycles. The normalized spacial score (nSPS) is 12.6. The number of rotatable bonds is 5. The Hall–Kier alpha value is -1.39. The molecule has 0 spiro atoms. The summed E-state index contributed by atoms with van der Waals surface area (Å²) in [4.78, 5) is 13.7. The van der Waals surface area contributed by atoms with Crippen LogP contribution in [-0.2, 0) is 4.79 Å². The number of aliphatic hydroxyl groups excluding tert-OH is 1. The van der Waals surface area contributed by atoms with Crippen LogP contribution in [0.3, 0.4) is 0 Å². The van der Waals surface area contributed by atoms with Crippen LogP contribution in [0, 0.1) is 13.8 Å². The second-order valence-electron chi connectivity index (χ2n) is 4.81. The first-order valence-corrected chi connectivity index (χ1v) is 6.12. The van der Waals surface area contributed by atoms with E-state index < -0.39 is 0 Å². The fourth-order valence-corrected chi connectivity index (χ4v) is 1.67. The molecule has 0 saturated carbocycles. The van der Waals surface area contributed by atoms with Gasteiger partial charge in [0.15, 0.2) is 0 Å². The summed E-state index contributed by atoms with van der Waals surface area (Å²) >= 11 is 0. The van der Waals surface area contributed by atoms with Crippen molar-refractivity contribution in [3.63, 3.8) is 0 Å². The Bertz CT molecular complexity index is 418. The third-order valence-corrected chi connectivity index (χ3v) is 3.07. The van der Waals surface area contributed by atoms with Crippen molar-refractivity contribution in [3.8, 4) is 0 Å². The lowest BCUT2D eigenvalue weighted by atomic mass is 10.1. The van der Waals surface area contributed by atoms with Gasteiger partial charge < -0.3 is 10.4 Å². The van der Waals surface area contributed by atoms with Crippen LogP contribution < -0.4 is 5.32 Å². The quantitative estimate of drug-likeness (QED) is 0.833. The highest BCUT2D eigenvalue weighted by atomic mass is 16.3. The molecule has 1 aromatic rings. The highest BCUT2D eigenvalue weighted by molar-refractivity contribution is 5.93. The third kappa shape index (κ3) is 4.13. The van der Waals surface area contributed by atoms with Gasteiger partial charge >= 0.3 is 0 Å². The van der Waals surface area contributed by atoms with Crippen molar-refractivity contribution in [1.82, 2.24) is 4.90 Å². The third-order valence-electron chi connectivity index (χ3n) is 3.07. The Morgan fingerprint density at radius 3 is 2.67 bits per heavy atom. The molecule has 1 atom stereocenters. The number of hydrogen-bond acceptors (Lipinski definition) is 3. The van der Waals surface area contributed by atoms with Crippen molar-refractivity contribution in [2.24, 2.45) is 0 Å². The van der Waals surface area contributed by atoms with Crippen LogP contribution in [0.4, 0.5) is 5.69 Å². The molecule has 0 bridgehead atoms. The van der Waals surface area contributed by atoms with E-state index in [0.717, 1.165) is 11.3 Å². The van der Waals surface area contributed by atoms with Gasteiger partial charge in [0.25, 0.3) is 0 Å². The van der Waals surface area contributed by atoms with Gasteiger partial charge in [-0.3, -0.25) is 9.69 Å². The second kappa shape index (κ2) is 6.52. The number of anilines is 1. The van der Waals surface area contributed by atoms with Gasteiger partial charge in [-0.1, -0.05) is 17.7 Å². The molecule has 0 aliphatic heterocycles. The topological polar surface area (TPSA) is 52.6 Å². The summed E-state index contributed by atoms with van der Waals surface area (Å²) in [6, 6.07) is 5.91. The molecule has 18 heavy (non-hydrogen) atoms. The fourth-order valence-electron chi connectivity index (χ4n) is 1.67. The molecule has 4 heteroatoms. The first-order chi connectivity index (χ1) is 8.43. The van der Waals surface area contributed by atoms with Gasteiger partial charge in [-0.05, 0) is 39.4 Å². The molecule has 0 aliphatic rings. The van der Waals surface area contributed by atoms with E-state index in [0.29, 0.717) is 0 Å². The van der Waals surface area contributed by atoms with Gasteiger partial charge in [0.2, 0.25) is 5.91 Å². The van der Waals surface area contributed by atoms with E-state index in [1.165, 1.54) is 5.56 Å². The summed E-state index contributed by atoms with van der Waals surface area (Å²) in [6.45, 7) is 6.20. The molecule has 0 heterocycles. The van der Waals surface area contributed by atoms with Gasteiger partial charge in [-0.15, -0.1) is 0 Å². The number of benzene rings is 1. The molecule has 0 aliphatic carbocycles. The number of nitrogens with zero attached hydrogens (tertiary/aromatic N) is 1. The average molecular weight is 250 g/mol. The maximum absolute atomic E-state index is 11.8. The number of aryl methyl sites for hydroxylation is 2. The monoisotopic (exact) mass is 250 g/mol. The average Bonchev–Trinajstić information content (AvgIpc) is 2.31. The van der Waals surface area contributed by atoms with Gasteiger partial charge in [-0.25, -0.2) is 0 Å². The number of carbonyl (C=O) groups is 1. The van der Waals surface area contributed by atoms with E-state index >= 15 is 0 Å². The van der Waals surface area contributed by atoms with E-state index in [2.05, 4.69) is 5.32 Å².